The molecular formula is C21H37NO4. The zero-order valence-electron chi connectivity index (χ0n) is 16.8. The first kappa shape index (κ1) is 21.2. The van der Waals surface area contributed by atoms with Gasteiger partial charge in [-0.05, 0) is 52.9 Å². The van der Waals surface area contributed by atoms with Gasteiger partial charge in [-0.1, -0.05) is 31.8 Å². The van der Waals surface area contributed by atoms with Gasteiger partial charge in [0.2, 0.25) is 0 Å². The van der Waals surface area contributed by atoms with Crippen molar-refractivity contribution in [2.45, 2.75) is 102 Å². The number of rotatable bonds is 8. The number of piperidine rings is 1. The standard InChI is InChI=1S/C21H37NO4/c1-5-6-7-8-9-10-11-12-21(24)13-17-15-25-16-18(14-21)22(17)19(23)26-20(2,3)4/h5,17-18,24H,1,6-16H2,2-4H3. The highest BCUT2D eigenvalue weighted by Gasteiger charge is 2.48. The van der Waals surface area contributed by atoms with Crippen LogP contribution < -0.4 is 0 Å². The Morgan fingerprint density at radius 2 is 1.77 bits per heavy atom. The largest absolute Gasteiger partial charge is 0.444 e. The van der Waals surface area contributed by atoms with Crippen molar-refractivity contribution in [1.29, 1.82) is 0 Å². The highest BCUT2D eigenvalue weighted by molar-refractivity contribution is 5.69. The summed E-state index contributed by atoms with van der Waals surface area (Å²) < 4.78 is 11.2. The monoisotopic (exact) mass is 367 g/mol. The third-order valence-corrected chi connectivity index (χ3v) is 5.29. The molecule has 150 valence electrons. The summed E-state index contributed by atoms with van der Waals surface area (Å²) in [6.07, 6.45) is 10.6. The Balaban J connectivity index is 1.83. The smallest absolute Gasteiger partial charge is 0.410 e. The number of ether oxygens (including phenoxy) is 2. The van der Waals surface area contributed by atoms with Crippen LogP contribution in [0.3, 0.4) is 0 Å². The Kier molecular flexibility index (Phi) is 7.53. The summed E-state index contributed by atoms with van der Waals surface area (Å²) in [7, 11) is 0. The van der Waals surface area contributed by atoms with Crippen molar-refractivity contribution in [1.82, 2.24) is 4.90 Å². The molecule has 0 radical (unpaired) electrons. The molecule has 0 aliphatic carbocycles. The van der Waals surface area contributed by atoms with Crippen LogP contribution in [0.4, 0.5) is 4.79 Å². The van der Waals surface area contributed by atoms with Crippen LogP contribution in [0.2, 0.25) is 0 Å². The maximum absolute atomic E-state index is 12.6. The molecule has 2 saturated heterocycles. The third kappa shape index (κ3) is 6.27. The topological polar surface area (TPSA) is 59.0 Å². The molecule has 0 aromatic rings. The van der Waals surface area contributed by atoms with Crippen molar-refractivity contribution in [3.05, 3.63) is 12.7 Å². The average molecular weight is 368 g/mol. The lowest BCUT2D eigenvalue weighted by atomic mass is 9.78. The predicted octanol–water partition coefficient (Wildman–Crippen LogP) is 4.43. The Morgan fingerprint density at radius 1 is 1.19 bits per heavy atom. The van der Waals surface area contributed by atoms with Gasteiger partial charge in [0.05, 0.1) is 30.9 Å². The van der Waals surface area contributed by atoms with Gasteiger partial charge in [-0.2, -0.15) is 0 Å². The Labute approximate surface area is 158 Å². The van der Waals surface area contributed by atoms with Gasteiger partial charge in [-0.25, -0.2) is 4.79 Å². The molecular weight excluding hydrogens is 330 g/mol. The van der Waals surface area contributed by atoms with Gasteiger partial charge in [-0.15, -0.1) is 6.58 Å². The van der Waals surface area contributed by atoms with Crippen molar-refractivity contribution in [2.24, 2.45) is 0 Å². The molecule has 2 rings (SSSR count). The number of hydrogen-bond acceptors (Lipinski definition) is 4. The fourth-order valence-electron chi connectivity index (χ4n) is 4.16. The summed E-state index contributed by atoms with van der Waals surface area (Å²) in [5, 5.41) is 11.1. The number of nitrogens with zero attached hydrogens (tertiary/aromatic N) is 1. The average Bonchev–Trinajstić information content (AvgIpc) is 2.51. The van der Waals surface area contributed by atoms with Gasteiger partial charge in [0.15, 0.2) is 0 Å². The minimum Gasteiger partial charge on any atom is -0.444 e. The van der Waals surface area contributed by atoms with Crippen LogP contribution in [0.5, 0.6) is 0 Å². The second-order valence-corrected chi connectivity index (χ2v) is 8.96. The maximum atomic E-state index is 12.6. The van der Waals surface area contributed by atoms with E-state index in [1.165, 1.54) is 19.3 Å². The van der Waals surface area contributed by atoms with Crippen LogP contribution in [0, 0.1) is 0 Å². The molecule has 2 fully saturated rings. The zero-order valence-corrected chi connectivity index (χ0v) is 16.8. The fraction of sp³-hybridized carbons (Fsp3) is 0.857. The number of carbonyl (C=O) groups is 1. The summed E-state index contributed by atoms with van der Waals surface area (Å²) in [6, 6.07) is -0.176. The zero-order chi connectivity index (χ0) is 19.2. The lowest BCUT2D eigenvalue weighted by Crippen LogP contribution is -2.64. The number of carbonyl (C=O) groups excluding carboxylic acids is 1. The number of aliphatic hydroxyl groups is 1. The second kappa shape index (κ2) is 9.23. The van der Waals surface area contributed by atoms with Gasteiger partial charge in [0.1, 0.15) is 5.60 Å². The first-order valence-electron chi connectivity index (χ1n) is 10.2. The molecule has 2 aliphatic rings. The normalized spacial score (nSPS) is 28.7. The van der Waals surface area contributed by atoms with E-state index in [4.69, 9.17) is 9.47 Å². The van der Waals surface area contributed by atoms with Gasteiger partial charge in [0, 0.05) is 0 Å². The van der Waals surface area contributed by atoms with Crippen molar-refractivity contribution in [3.63, 3.8) is 0 Å². The van der Waals surface area contributed by atoms with E-state index < -0.39 is 11.2 Å². The van der Waals surface area contributed by atoms with Crippen LogP contribution in [0.25, 0.3) is 0 Å². The summed E-state index contributed by atoms with van der Waals surface area (Å²) in [4.78, 5) is 14.4. The molecule has 1 amide bonds. The third-order valence-electron chi connectivity index (χ3n) is 5.29. The van der Waals surface area contributed by atoms with E-state index in [2.05, 4.69) is 6.58 Å². The lowest BCUT2D eigenvalue weighted by Gasteiger charge is -2.51. The Bertz CT molecular complexity index is 457. The summed E-state index contributed by atoms with van der Waals surface area (Å²) in [6.45, 7) is 10.4. The first-order chi connectivity index (χ1) is 12.2. The molecule has 0 spiro atoms. The van der Waals surface area contributed by atoms with Crippen LogP contribution in [-0.4, -0.2) is 52.6 Å². The molecule has 5 heteroatoms. The molecule has 26 heavy (non-hydrogen) atoms. The van der Waals surface area contributed by atoms with Crippen LogP contribution in [0.15, 0.2) is 12.7 Å². The number of hydrogen-bond donors (Lipinski definition) is 1. The van der Waals surface area contributed by atoms with Crippen LogP contribution in [-0.2, 0) is 9.47 Å². The highest BCUT2D eigenvalue weighted by atomic mass is 16.6. The van der Waals surface area contributed by atoms with Crippen LogP contribution in [0.1, 0.15) is 78.6 Å². The molecule has 2 atom stereocenters. The Hall–Kier alpha value is -1.07. The number of unbranched alkanes of at least 4 members (excludes halogenated alkanes) is 5. The quantitative estimate of drug-likeness (QED) is 0.509. The lowest BCUT2D eigenvalue weighted by molar-refractivity contribution is -0.140. The molecule has 0 saturated carbocycles. The minimum atomic E-state index is -0.682. The van der Waals surface area contributed by atoms with E-state index in [9.17, 15) is 9.90 Å². The van der Waals surface area contributed by atoms with Gasteiger partial charge in [-0.3, -0.25) is 4.90 Å². The van der Waals surface area contributed by atoms with Crippen molar-refractivity contribution in [3.8, 4) is 0 Å². The minimum absolute atomic E-state index is 0.0880. The molecule has 0 aromatic carbocycles. The summed E-state index contributed by atoms with van der Waals surface area (Å²) >= 11 is 0. The molecule has 2 aliphatic heterocycles. The van der Waals surface area contributed by atoms with E-state index in [1.807, 2.05) is 31.7 Å². The predicted molar refractivity (Wildman–Crippen MR) is 103 cm³/mol. The second-order valence-electron chi connectivity index (χ2n) is 8.96. The van der Waals surface area contributed by atoms with Gasteiger partial charge in [0.25, 0.3) is 0 Å². The van der Waals surface area contributed by atoms with Crippen molar-refractivity contribution in [2.75, 3.05) is 13.2 Å². The molecule has 2 unspecified atom stereocenters. The SMILES string of the molecule is C=CCCCCCCCC1(O)CC2COCC(C1)N2C(=O)OC(C)(C)C. The number of allylic oxidation sites excluding steroid dienone is 1. The number of morpholine rings is 1. The van der Waals surface area contributed by atoms with Gasteiger partial charge < -0.3 is 14.6 Å². The number of amides is 1. The summed E-state index contributed by atoms with van der Waals surface area (Å²) in [5.74, 6) is 0. The van der Waals surface area contributed by atoms with E-state index in [-0.39, 0.29) is 18.2 Å². The highest BCUT2D eigenvalue weighted by Crippen LogP contribution is 2.38. The molecule has 2 bridgehead atoms. The summed E-state index contributed by atoms with van der Waals surface area (Å²) in [5.41, 5.74) is -1.19. The number of fused-ring (bicyclic) bond motifs is 2. The van der Waals surface area contributed by atoms with E-state index >= 15 is 0 Å². The first-order valence-corrected chi connectivity index (χ1v) is 10.2. The van der Waals surface area contributed by atoms with Crippen molar-refractivity contribution < 1.29 is 19.4 Å². The molecule has 2 heterocycles. The fourth-order valence-corrected chi connectivity index (χ4v) is 4.16. The van der Waals surface area contributed by atoms with E-state index in [0.717, 1.165) is 25.7 Å². The molecule has 1 N–H and O–H groups in total. The molecule has 0 aromatic heterocycles. The van der Waals surface area contributed by atoms with E-state index in [1.54, 1.807) is 0 Å². The van der Waals surface area contributed by atoms with E-state index in [0.29, 0.717) is 26.1 Å². The van der Waals surface area contributed by atoms with Crippen molar-refractivity contribution >= 4 is 6.09 Å². The van der Waals surface area contributed by atoms with Crippen LogP contribution >= 0.6 is 0 Å². The maximum Gasteiger partial charge on any atom is 0.410 e. The van der Waals surface area contributed by atoms with Gasteiger partial charge >= 0.3 is 6.09 Å². The molecule has 5 nitrogen and oxygen atoms in total. The Morgan fingerprint density at radius 3 is 2.35 bits per heavy atom.